The molecule has 1 heterocycles. The maximum atomic E-state index is 12.6. The number of carboxylic acid groups (broad SMARTS) is 1. The van der Waals surface area contributed by atoms with Crippen LogP contribution in [-0.2, 0) is 11.2 Å². The summed E-state index contributed by atoms with van der Waals surface area (Å²) in [6.45, 7) is 5.78. The minimum Gasteiger partial charge on any atom is -0.481 e. The van der Waals surface area contributed by atoms with Crippen molar-refractivity contribution in [2.45, 2.75) is 52.0 Å². The summed E-state index contributed by atoms with van der Waals surface area (Å²) in [6.07, 6.45) is 0.983. The summed E-state index contributed by atoms with van der Waals surface area (Å²) < 4.78 is 5.64. The zero-order chi connectivity index (χ0) is 18.4. The number of benzene rings is 1. The fraction of sp³-hybridized carbons (Fsp3) is 0.400. The summed E-state index contributed by atoms with van der Waals surface area (Å²) >= 11 is 0. The Kier molecular flexibility index (Phi) is 6.39. The third-order valence-electron chi connectivity index (χ3n) is 4.12. The molecule has 134 valence electrons. The molecule has 1 atom stereocenters. The third-order valence-corrected chi connectivity index (χ3v) is 4.12. The lowest BCUT2D eigenvalue weighted by molar-refractivity contribution is -0.137. The monoisotopic (exact) mass is 343 g/mol. The summed E-state index contributed by atoms with van der Waals surface area (Å²) in [6, 6.07) is 11.3. The van der Waals surface area contributed by atoms with Gasteiger partial charge in [-0.25, -0.2) is 0 Å². The Hall–Kier alpha value is -2.56. The fourth-order valence-electron chi connectivity index (χ4n) is 2.70. The van der Waals surface area contributed by atoms with E-state index in [4.69, 9.17) is 9.52 Å². The first-order valence-electron chi connectivity index (χ1n) is 8.53. The van der Waals surface area contributed by atoms with Gasteiger partial charge in [-0.3, -0.25) is 9.59 Å². The molecule has 0 aliphatic heterocycles. The van der Waals surface area contributed by atoms with E-state index in [9.17, 15) is 9.59 Å². The Morgan fingerprint density at radius 3 is 2.44 bits per heavy atom. The van der Waals surface area contributed by atoms with Crippen LogP contribution in [0.5, 0.6) is 0 Å². The van der Waals surface area contributed by atoms with Crippen LogP contribution in [0.2, 0.25) is 0 Å². The molecule has 5 heteroatoms. The molecule has 0 aliphatic carbocycles. The summed E-state index contributed by atoms with van der Waals surface area (Å²) in [5, 5.41) is 11.9. The maximum Gasteiger partial charge on any atom is 0.303 e. The zero-order valence-corrected chi connectivity index (χ0v) is 14.9. The molecule has 5 nitrogen and oxygen atoms in total. The molecule has 1 amide bonds. The maximum absolute atomic E-state index is 12.6. The van der Waals surface area contributed by atoms with Crippen molar-refractivity contribution < 1.29 is 19.1 Å². The molecule has 0 fully saturated rings. The van der Waals surface area contributed by atoms with E-state index < -0.39 is 5.97 Å². The average Bonchev–Trinajstić information content (AvgIpc) is 2.96. The topological polar surface area (TPSA) is 79.5 Å². The predicted octanol–water partition coefficient (Wildman–Crippen LogP) is 3.92. The normalized spacial score (nSPS) is 12.2. The van der Waals surface area contributed by atoms with Gasteiger partial charge in [0.05, 0.1) is 5.56 Å². The van der Waals surface area contributed by atoms with Crippen molar-refractivity contribution in [3.05, 3.63) is 59.0 Å². The highest BCUT2D eigenvalue weighted by atomic mass is 16.4. The van der Waals surface area contributed by atoms with Gasteiger partial charge in [-0.15, -0.1) is 0 Å². The number of rotatable bonds is 8. The molecule has 0 spiro atoms. The molecule has 0 saturated heterocycles. The summed E-state index contributed by atoms with van der Waals surface area (Å²) in [4.78, 5) is 23.5. The molecule has 1 unspecified atom stereocenters. The SMILES string of the molecule is Cc1oc(C(C)C)cc1C(=O)NC(CCC(=O)O)Cc1ccccc1. The van der Waals surface area contributed by atoms with Gasteiger partial charge in [-0.05, 0) is 31.4 Å². The number of furan rings is 1. The average molecular weight is 343 g/mol. The van der Waals surface area contributed by atoms with E-state index in [0.717, 1.165) is 11.3 Å². The smallest absolute Gasteiger partial charge is 0.303 e. The van der Waals surface area contributed by atoms with Crippen LogP contribution in [0.3, 0.4) is 0 Å². The van der Waals surface area contributed by atoms with Crippen molar-refractivity contribution in [3.63, 3.8) is 0 Å². The molecule has 2 N–H and O–H groups in total. The van der Waals surface area contributed by atoms with E-state index in [1.807, 2.05) is 44.2 Å². The Morgan fingerprint density at radius 2 is 1.88 bits per heavy atom. The number of carbonyl (C=O) groups is 2. The lowest BCUT2D eigenvalue weighted by atomic mass is 10.0. The van der Waals surface area contributed by atoms with Crippen molar-refractivity contribution in [1.29, 1.82) is 0 Å². The second-order valence-corrected chi connectivity index (χ2v) is 6.57. The van der Waals surface area contributed by atoms with E-state index in [1.54, 1.807) is 13.0 Å². The van der Waals surface area contributed by atoms with Gasteiger partial charge in [-0.2, -0.15) is 0 Å². The Labute approximate surface area is 148 Å². The van der Waals surface area contributed by atoms with E-state index in [-0.39, 0.29) is 24.3 Å². The highest BCUT2D eigenvalue weighted by Gasteiger charge is 2.20. The predicted molar refractivity (Wildman–Crippen MR) is 95.8 cm³/mol. The molecule has 0 saturated carbocycles. The first-order valence-corrected chi connectivity index (χ1v) is 8.53. The van der Waals surface area contributed by atoms with Crippen molar-refractivity contribution >= 4 is 11.9 Å². The van der Waals surface area contributed by atoms with Crippen LogP contribution in [0.15, 0.2) is 40.8 Å². The van der Waals surface area contributed by atoms with Gasteiger partial charge in [0, 0.05) is 18.4 Å². The molecule has 1 aromatic carbocycles. The van der Waals surface area contributed by atoms with E-state index in [1.165, 1.54) is 0 Å². The van der Waals surface area contributed by atoms with Gasteiger partial charge in [0.1, 0.15) is 11.5 Å². The number of hydrogen-bond donors (Lipinski definition) is 2. The van der Waals surface area contributed by atoms with Gasteiger partial charge in [0.25, 0.3) is 5.91 Å². The van der Waals surface area contributed by atoms with Crippen molar-refractivity contribution in [3.8, 4) is 0 Å². The summed E-state index contributed by atoms with van der Waals surface area (Å²) in [5.41, 5.74) is 1.57. The molecular weight excluding hydrogens is 318 g/mol. The molecule has 2 aromatic rings. The van der Waals surface area contributed by atoms with E-state index in [0.29, 0.717) is 24.2 Å². The largest absolute Gasteiger partial charge is 0.481 e. The van der Waals surface area contributed by atoms with Crippen LogP contribution in [0, 0.1) is 6.92 Å². The van der Waals surface area contributed by atoms with Crippen LogP contribution in [0.25, 0.3) is 0 Å². The van der Waals surface area contributed by atoms with Crippen LogP contribution in [0.1, 0.15) is 60.0 Å². The zero-order valence-electron chi connectivity index (χ0n) is 14.9. The number of carboxylic acids is 1. The molecule has 0 aliphatic rings. The van der Waals surface area contributed by atoms with Gasteiger partial charge < -0.3 is 14.8 Å². The molecular formula is C20H25NO4. The van der Waals surface area contributed by atoms with Gasteiger partial charge in [-0.1, -0.05) is 44.2 Å². The van der Waals surface area contributed by atoms with E-state index >= 15 is 0 Å². The molecule has 0 radical (unpaired) electrons. The second kappa shape index (κ2) is 8.51. The van der Waals surface area contributed by atoms with Crippen LogP contribution < -0.4 is 5.32 Å². The highest BCUT2D eigenvalue weighted by Crippen LogP contribution is 2.22. The quantitative estimate of drug-likeness (QED) is 0.761. The number of amides is 1. The number of hydrogen-bond acceptors (Lipinski definition) is 3. The molecule has 2 rings (SSSR count). The Morgan fingerprint density at radius 1 is 1.20 bits per heavy atom. The second-order valence-electron chi connectivity index (χ2n) is 6.57. The molecule has 25 heavy (non-hydrogen) atoms. The standard InChI is InChI=1S/C20H25NO4/c1-13(2)18-12-17(14(3)25-18)20(24)21-16(9-10-19(22)23)11-15-7-5-4-6-8-15/h4-8,12-13,16H,9-11H2,1-3H3,(H,21,24)(H,22,23). The van der Waals surface area contributed by atoms with Crippen LogP contribution >= 0.6 is 0 Å². The van der Waals surface area contributed by atoms with Crippen LogP contribution in [0.4, 0.5) is 0 Å². The number of nitrogens with one attached hydrogen (secondary N) is 1. The Balaban J connectivity index is 2.11. The fourth-order valence-corrected chi connectivity index (χ4v) is 2.70. The Bertz CT molecular complexity index is 719. The van der Waals surface area contributed by atoms with E-state index in [2.05, 4.69) is 5.32 Å². The number of carbonyl (C=O) groups excluding carboxylic acids is 1. The van der Waals surface area contributed by atoms with Crippen molar-refractivity contribution in [1.82, 2.24) is 5.32 Å². The van der Waals surface area contributed by atoms with Gasteiger partial charge in [0.15, 0.2) is 0 Å². The minimum absolute atomic E-state index is 0.0133. The van der Waals surface area contributed by atoms with Gasteiger partial charge in [0.2, 0.25) is 0 Å². The lowest BCUT2D eigenvalue weighted by Gasteiger charge is -2.18. The first-order chi connectivity index (χ1) is 11.9. The highest BCUT2D eigenvalue weighted by molar-refractivity contribution is 5.95. The number of aryl methyl sites for hydroxylation is 1. The van der Waals surface area contributed by atoms with Crippen molar-refractivity contribution in [2.75, 3.05) is 0 Å². The first kappa shape index (κ1) is 18.8. The van der Waals surface area contributed by atoms with Gasteiger partial charge >= 0.3 is 5.97 Å². The van der Waals surface area contributed by atoms with Crippen LogP contribution in [-0.4, -0.2) is 23.0 Å². The molecule has 1 aromatic heterocycles. The van der Waals surface area contributed by atoms with Crippen molar-refractivity contribution in [2.24, 2.45) is 0 Å². The summed E-state index contributed by atoms with van der Waals surface area (Å²) in [5.74, 6) is 0.464. The summed E-state index contributed by atoms with van der Waals surface area (Å²) in [7, 11) is 0. The lowest BCUT2D eigenvalue weighted by Crippen LogP contribution is -2.37. The minimum atomic E-state index is -0.867. The number of aliphatic carboxylic acids is 1. The molecule has 0 bridgehead atoms. The third kappa shape index (κ3) is 5.48.